The first kappa shape index (κ1) is 11.4. The zero-order valence-electron chi connectivity index (χ0n) is 9.03. The Bertz CT molecular complexity index is 292. The van der Waals surface area contributed by atoms with Crippen molar-refractivity contribution < 1.29 is 5.11 Å². The largest absolute Gasteiger partial charge is 0.388 e. The lowest BCUT2D eigenvalue weighted by Gasteiger charge is -2.26. The third-order valence-corrected chi connectivity index (χ3v) is 2.87. The molecule has 0 unspecified atom stereocenters. The Morgan fingerprint density at radius 2 is 2.21 bits per heavy atom. The summed E-state index contributed by atoms with van der Waals surface area (Å²) < 4.78 is 4.16. The molecule has 0 bridgehead atoms. The van der Waals surface area contributed by atoms with Gasteiger partial charge in [0.05, 0.1) is 11.6 Å². The summed E-state index contributed by atoms with van der Waals surface area (Å²) in [4.78, 5) is 4.27. The summed E-state index contributed by atoms with van der Waals surface area (Å²) in [6.07, 6.45) is 0.842. The SMILES string of the molecule is CCc1nsc(N[C@@H](C)C(C)(C)O)n1. The molecule has 0 aliphatic rings. The van der Waals surface area contributed by atoms with E-state index in [4.69, 9.17) is 0 Å². The number of nitrogens with one attached hydrogen (secondary N) is 1. The molecule has 14 heavy (non-hydrogen) atoms. The van der Waals surface area contributed by atoms with Crippen molar-refractivity contribution in [2.45, 2.75) is 45.8 Å². The first-order valence-corrected chi connectivity index (χ1v) is 5.52. The monoisotopic (exact) mass is 215 g/mol. The third-order valence-electron chi connectivity index (χ3n) is 2.18. The smallest absolute Gasteiger partial charge is 0.202 e. The van der Waals surface area contributed by atoms with Gasteiger partial charge in [-0.3, -0.25) is 0 Å². The van der Waals surface area contributed by atoms with Crippen LogP contribution in [0.1, 0.15) is 33.5 Å². The van der Waals surface area contributed by atoms with Crippen LogP contribution in [-0.4, -0.2) is 26.1 Å². The van der Waals surface area contributed by atoms with Crippen molar-refractivity contribution in [3.63, 3.8) is 0 Å². The molecular weight excluding hydrogens is 198 g/mol. The maximum Gasteiger partial charge on any atom is 0.202 e. The van der Waals surface area contributed by atoms with Crippen LogP contribution in [0.15, 0.2) is 0 Å². The second-order valence-corrected chi connectivity index (χ2v) is 4.64. The standard InChI is InChI=1S/C9H17N3OS/c1-5-7-11-8(14-12-7)10-6(2)9(3,4)13/h6,13H,5H2,1-4H3,(H,10,11,12)/t6-/m0/s1. The van der Waals surface area contributed by atoms with Gasteiger partial charge in [0.15, 0.2) is 0 Å². The van der Waals surface area contributed by atoms with Crippen LogP contribution in [0.2, 0.25) is 0 Å². The van der Waals surface area contributed by atoms with E-state index in [1.54, 1.807) is 13.8 Å². The van der Waals surface area contributed by atoms with Gasteiger partial charge in [-0.25, -0.2) is 4.98 Å². The Hall–Kier alpha value is -0.680. The van der Waals surface area contributed by atoms with E-state index in [2.05, 4.69) is 14.7 Å². The van der Waals surface area contributed by atoms with Crippen molar-refractivity contribution in [2.75, 3.05) is 5.32 Å². The first-order valence-electron chi connectivity index (χ1n) is 4.75. The molecule has 0 aliphatic heterocycles. The van der Waals surface area contributed by atoms with E-state index in [1.807, 2.05) is 13.8 Å². The normalized spacial score (nSPS) is 14.1. The molecule has 4 nitrogen and oxygen atoms in total. The van der Waals surface area contributed by atoms with Crippen LogP contribution in [0.4, 0.5) is 5.13 Å². The molecule has 0 fully saturated rings. The summed E-state index contributed by atoms with van der Waals surface area (Å²) in [6, 6.07) is -0.0415. The number of anilines is 1. The third kappa shape index (κ3) is 2.92. The van der Waals surface area contributed by atoms with Gasteiger partial charge < -0.3 is 10.4 Å². The van der Waals surface area contributed by atoms with Crippen LogP contribution in [0, 0.1) is 0 Å². The maximum atomic E-state index is 9.71. The number of aryl methyl sites for hydroxylation is 1. The molecule has 1 aromatic rings. The maximum absolute atomic E-state index is 9.71. The van der Waals surface area contributed by atoms with E-state index in [-0.39, 0.29) is 6.04 Å². The molecule has 1 rings (SSSR count). The number of aliphatic hydroxyl groups is 1. The quantitative estimate of drug-likeness (QED) is 0.802. The molecule has 0 spiro atoms. The van der Waals surface area contributed by atoms with E-state index in [1.165, 1.54) is 11.5 Å². The van der Waals surface area contributed by atoms with Crippen molar-refractivity contribution >= 4 is 16.7 Å². The molecule has 2 N–H and O–H groups in total. The lowest BCUT2D eigenvalue weighted by Crippen LogP contribution is -2.39. The van der Waals surface area contributed by atoms with Gasteiger partial charge in [-0.05, 0) is 20.8 Å². The Labute approximate surface area is 88.6 Å². The summed E-state index contributed by atoms with van der Waals surface area (Å²) in [7, 11) is 0. The summed E-state index contributed by atoms with van der Waals surface area (Å²) in [6.45, 7) is 7.48. The van der Waals surface area contributed by atoms with Crippen molar-refractivity contribution in [3.8, 4) is 0 Å². The van der Waals surface area contributed by atoms with Crippen molar-refractivity contribution in [3.05, 3.63) is 5.82 Å². The molecule has 0 amide bonds. The fourth-order valence-corrected chi connectivity index (χ4v) is 1.56. The Balaban J connectivity index is 2.60. The number of hydrogen-bond acceptors (Lipinski definition) is 5. The highest BCUT2D eigenvalue weighted by atomic mass is 32.1. The van der Waals surface area contributed by atoms with Gasteiger partial charge >= 0.3 is 0 Å². The van der Waals surface area contributed by atoms with Crippen LogP contribution in [0.5, 0.6) is 0 Å². The van der Waals surface area contributed by atoms with Gasteiger partial charge in [0, 0.05) is 18.0 Å². The molecule has 1 heterocycles. The van der Waals surface area contributed by atoms with E-state index >= 15 is 0 Å². The average molecular weight is 215 g/mol. The second kappa shape index (κ2) is 4.23. The molecule has 0 saturated carbocycles. The number of rotatable bonds is 4. The summed E-state index contributed by atoms with van der Waals surface area (Å²) >= 11 is 1.34. The Kier molecular flexibility index (Phi) is 3.44. The van der Waals surface area contributed by atoms with Crippen molar-refractivity contribution in [1.82, 2.24) is 9.36 Å². The highest BCUT2D eigenvalue weighted by molar-refractivity contribution is 7.09. The summed E-state index contributed by atoms with van der Waals surface area (Å²) in [5.41, 5.74) is -0.752. The van der Waals surface area contributed by atoms with Gasteiger partial charge in [0.25, 0.3) is 0 Å². The minimum Gasteiger partial charge on any atom is -0.388 e. The van der Waals surface area contributed by atoms with Crippen LogP contribution >= 0.6 is 11.5 Å². The molecule has 0 saturated heterocycles. The minimum absolute atomic E-state index is 0.0415. The molecule has 5 heteroatoms. The molecule has 0 aromatic carbocycles. The van der Waals surface area contributed by atoms with Gasteiger partial charge in [0.2, 0.25) is 5.13 Å². The van der Waals surface area contributed by atoms with Gasteiger partial charge in [-0.15, -0.1) is 0 Å². The molecule has 80 valence electrons. The zero-order chi connectivity index (χ0) is 10.8. The lowest BCUT2D eigenvalue weighted by atomic mass is 10.0. The highest BCUT2D eigenvalue weighted by Gasteiger charge is 2.22. The van der Waals surface area contributed by atoms with E-state index in [0.29, 0.717) is 0 Å². The molecule has 1 atom stereocenters. The summed E-state index contributed by atoms with van der Waals surface area (Å²) in [5, 5.41) is 13.6. The second-order valence-electron chi connectivity index (χ2n) is 3.89. The van der Waals surface area contributed by atoms with E-state index < -0.39 is 5.60 Å². The van der Waals surface area contributed by atoms with Gasteiger partial charge in [-0.2, -0.15) is 4.37 Å². The molecule has 1 aromatic heterocycles. The van der Waals surface area contributed by atoms with E-state index in [0.717, 1.165) is 17.4 Å². The van der Waals surface area contributed by atoms with Gasteiger partial charge in [0.1, 0.15) is 5.82 Å². The lowest BCUT2D eigenvalue weighted by molar-refractivity contribution is 0.0649. The van der Waals surface area contributed by atoms with Gasteiger partial charge in [-0.1, -0.05) is 6.92 Å². The van der Waals surface area contributed by atoms with Crippen molar-refractivity contribution in [2.24, 2.45) is 0 Å². The number of nitrogens with zero attached hydrogens (tertiary/aromatic N) is 2. The highest BCUT2D eigenvalue weighted by Crippen LogP contribution is 2.17. The number of hydrogen-bond donors (Lipinski definition) is 2. The average Bonchev–Trinajstić information content (AvgIpc) is 2.50. The Morgan fingerprint density at radius 1 is 1.57 bits per heavy atom. The zero-order valence-corrected chi connectivity index (χ0v) is 9.85. The topological polar surface area (TPSA) is 58.0 Å². The van der Waals surface area contributed by atoms with E-state index in [9.17, 15) is 5.11 Å². The molecule has 0 radical (unpaired) electrons. The predicted octanol–water partition coefficient (Wildman–Crippen LogP) is 1.67. The van der Waals surface area contributed by atoms with Crippen LogP contribution < -0.4 is 5.32 Å². The van der Waals surface area contributed by atoms with Crippen molar-refractivity contribution in [1.29, 1.82) is 0 Å². The van der Waals surface area contributed by atoms with Crippen LogP contribution in [0.3, 0.4) is 0 Å². The fourth-order valence-electron chi connectivity index (χ4n) is 0.818. The summed E-state index contributed by atoms with van der Waals surface area (Å²) in [5.74, 6) is 0.848. The first-order chi connectivity index (χ1) is 6.43. The Morgan fingerprint density at radius 3 is 2.64 bits per heavy atom. The minimum atomic E-state index is -0.752. The molecular formula is C9H17N3OS. The number of aromatic nitrogens is 2. The fraction of sp³-hybridized carbons (Fsp3) is 0.778. The van der Waals surface area contributed by atoms with Crippen LogP contribution in [-0.2, 0) is 6.42 Å². The molecule has 0 aliphatic carbocycles. The van der Waals surface area contributed by atoms with Crippen LogP contribution in [0.25, 0.3) is 0 Å². The predicted molar refractivity (Wildman–Crippen MR) is 58.7 cm³/mol.